The molecular weight excluding hydrogens is 168 g/mol. The van der Waals surface area contributed by atoms with Gasteiger partial charge in [0.05, 0.1) is 5.60 Å². The topological polar surface area (TPSA) is 46.5 Å². The van der Waals surface area contributed by atoms with Crippen LogP contribution in [0.5, 0.6) is 0 Å². The van der Waals surface area contributed by atoms with E-state index in [1.165, 1.54) is 6.92 Å². The van der Waals surface area contributed by atoms with Gasteiger partial charge in [0.15, 0.2) is 0 Å². The molecule has 0 bridgehead atoms. The number of carbonyl (C=O) groups excluding carboxylic acids is 1. The molecule has 1 N–H and O–H groups in total. The zero-order chi connectivity index (χ0) is 10.7. The van der Waals surface area contributed by atoms with E-state index in [-0.39, 0.29) is 5.97 Å². The van der Waals surface area contributed by atoms with Crippen molar-refractivity contribution in [3.8, 4) is 0 Å². The smallest absolute Gasteiger partial charge is 0.303 e. The number of hydrogen-bond acceptors (Lipinski definition) is 3. The minimum absolute atomic E-state index is 0.328. The predicted octanol–water partition coefficient (Wildman–Crippen LogP) is 1.66. The lowest BCUT2D eigenvalue weighted by molar-refractivity contribution is -0.149. The summed E-state index contributed by atoms with van der Waals surface area (Å²) in [6, 6.07) is 0. The Hall–Kier alpha value is -0.830. The van der Waals surface area contributed by atoms with Crippen LogP contribution in [0.2, 0.25) is 0 Å². The summed E-state index contributed by atoms with van der Waals surface area (Å²) in [6.45, 7) is 8.20. The third kappa shape index (κ3) is 7.53. The van der Waals surface area contributed by atoms with E-state index in [9.17, 15) is 9.90 Å². The van der Waals surface area contributed by atoms with Gasteiger partial charge in [-0.1, -0.05) is 6.08 Å². The maximum Gasteiger partial charge on any atom is 0.303 e. The zero-order valence-electron chi connectivity index (χ0n) is 8.92. The van der Waals surface area contributed by atoms with E-state index in [4.69, 9.17) is 4.74 Å². The number of rotatable bonds is 3. The molecule has 0 fully saturated rings. The summed E-state index contributed by atoms with van der Waals surface area (Å²) < 4.78 is 5.00. The molecule has 0 aromatic rings. The van der Waals surface area contributed by atoms with Crippen LogP contribution in [0.25, 0.3) is 0 Å². The lowest BCUT2D eigenvalue weighted by Crippen LogP contribution is -2.26. The van der Waals surface area contributed by atoms with Gasteiger partial charge in [-0.05, 0) is 33.8 Å². The highest BCUT2D eigenvalue weighted by atomic mass is 16.6. The van der Waals surface area contributed by atoms with Gasteiger partial charge in [-0.2, -0.15) is 0 Å². The van der Waals surface area contributed by atoms with Crippen LogP contribution in [-0.2, 0) is 9.53 Å². The molecular formula is C10H18O3. The van der Waals surface area contributed by atoms with Crippen molar-refractivity contribution in [2.75, 3.05) is 0 Å². The Morgan fingerprint density at radius 1 is 1.23 bits per heavy atom. The highest BCUT2D eigenvalue weighted by molar-refractivity contribution is 5.66. The van der Waals surface area contributed by atoms with Crippen molar-refractivity contribution < 1.29 is 14.6 Å². The summed E-state index contributed by atoms with van der Waals surface area (Å²) in [5.41, 5.74) is -1.54. The van der Waals surface area contributed by atoms with Crippen LogP contribution in [0, 0.1) is 0 Å². The predicted molar refractivity (Wildman–Crippen MR) is 51.3 cm³/mol. The van der Waals surface area contributed by atoms with Gasteiger partial charge < -0.3 is 9.84 Å². The van der Waals surface area contributed by atoms with Gasteiger partial charge in [0, 0.05) is 6.92 Å². The first-order chi connectivity index (χ1) is 5.62. The SMILES string of the molecule is CC(=O)OC(C)(C)C=CC(C)(C)O. The first kappa shape index (κ1) is 12.2. The normalized spacial score (nSPS) is 13.4. The van der Waals surface area contributed by atoms with Crippen LogP contribution < -0.4 is 0 Å². The molecule has 0 unspecified atom stereocenters. The molecule has 76 valence electrons. The number of hydrogen-bond donors (Lipinski definition) is 1. The summed E-state index contributed by atoms with van der Waals surface area (Å²) >= 11 is 0. The summed E-state index contributed by atoms with van der Waals surface area (Å²) in [4.78, 5) is 10.7. The number of carbonyl (C=O) groups is 1. The van der Waals surface area contributed by atoms with Crippen molar-refractivity contribution in [3.05, 3.63) is 12.2 Å². The molecule has 3 nitrogen and oxygen atoms in total. The third-order valence-corrected chi connectivity index (χ3v) is 1.30. The molecule has 0 aromatic carbocycles. The molecule has 0 aliphatic heterocycles. The molecule has 3 heteroatoms. The van der Waals surface area contributed by atoms with E-state index >= 15 is 0 Å². The average molecular weight is 186 g/mol. The second-order valence-corrected chi connectivity index (χ2v) is 4.18. The fourth-order valence-electron chi connectivity index (χ4n) is 0.809. The molecule has 0 heterocycles. The molecule has 13 heavy (non-hydrogen) atoms. The molecule has 0 atom stereocenters. The van der Waals surface area contributed by atoms with Gasteiger partial charge in [0.1, 0.15) is 5.60 Å². The van der Waals surface area contributed by atoms with E-state index in [0.29, 0.717) is 0 Å². The number of esters is 1. The molecule has 0 saturated carbocycles. The average Bonchev–Trinajstić information content (AvgIpc) is 1.79. The van der Waals surface area contributed by atoms with E-state index < -0.39 is 11.2 Å². The Bertz CT molecular complexity index is 209. The Morgan fingerprint density at radius 2 is 1.69 bits per heavy atom. The minimum Gasteiger partial charge on any atom is -0.456 e. The lowest BCUT2D eigenvalue weighted by Gasteiger charge is -2.22. The molecule has 0 aliphatic carbocycles. The molecule has 0 radical (unpaired) electrons. The van der Waals surface area contributed by atoms with Crippen LogP contribution in [0.1, 0.15) is 34.6 Å². The second-order valence-electron chi connectivity index (χ2n) is 4.18. The Labute approximate surface area is 79.4 Å². The van der Waals surface area contributed by atoms with Crippen molar-refractivity contribution in [1.82, 2.24) is 0 Å². The molecule has 0 spiro atoms. The second kappa shape index (κ2) is 3.92. The number of ether oxygens (including phenoxy) is 1. The van der Waals surface area contributed by atoms with Crippen molar-refractivity contribution in [3.63, 3.8) is 0 Å². The Kier molecular flexibility index (Phi) is 3.67. The first-order valence-electron chi connectivity index (χ1n) is 4.25. The molecule has 0 aliphatic rings. The monoisotopic (exact) mass is 186 g/mol. The maximum atomic E-state index is 10.7. The van der Waals surface area contributed by atoms with Crippen LogP contribution >= 0.6 is 0 Å². The van der Waals surface area contributed by atoms with E-state index in [1.54, 1.807) is 39.8 Å². The van der Waals surface area contributed by atoms with Crippen LogP contribution in [0.3, 0.4) is 0 Å². The quantitative estimate of drug-likeness (QED) is 0.538. The highest BCUT2D eigenvalue weighted by Gasteiger charge is 2.18. The fourth-order valence-corrected chi connectivity index (χ4v) is 0.809. The van der Waals surface area contributed by atoms with Crippen molar-refractivity contribution in [2.24, 2.45) is 0 Å². The van der Waals surface area contributed by atoms with Gasteiger partial charge in [-0.15, -0.1) is 0 Å². The zero-order valence-corrected chi connectivity index (χ0v) is 8.92. The molecule has 0 saturated heterocycles. The summed E-state index contributed by atoms with van der Waals surface area (Å²) in [5.74, 6) is -0.328. The number of aliphatic hydroxyl groups is 1. The Morgan fingerprint density at radius 3 is 2.00 bits per heavy atom. The molecule has 0 aromatic heterocycles. The van der Waals surface area contributed by atoms with Gasteiger partial charge in [0.2, 0.25) is 0 Å². The van der Waals surface area contributed by atoms with Gasteiger partial charge in [-0.3, -0.25) is 4.79 Å². The van der Waals surface area contributed by atoms with Crippen LogP contribution in [-0.4, -0.2) is 22.3 Å². The van der Waals surface area contributed by atoms with E-state index in [2.05, 4.69) is 0 Å². The van der Waals surface area contributed by atoms with Crippen LogP contribution in [0.4, 0.5) is 0 Å². The molecule has 0 rings (SSSR count). The highest BCUT2D eigenvalue weighted by Crippen LogP contribution is 2.14. The third-order valence-electron chi connectivity index (χ3n) is 1.30. The van der Waals surface area contributed by atoms with Crippen molar-refractivity contribution in [1.29, 1.82) is 0 Å². The standard InChI is InChI=1S/C10H18O3/c1-8(11)13-10(4,5)7-6-9(2,3)12/h6-7,12H,1-5H3. The Balaban J connectivity index is 4.33. The van der Waals surface area contributed by atoms with Gasteiger partial charge in [0.25, 0.3) is 0 Å². The summed E-state index contributed by atoms with van der Waals surface area (Å²) in [7, 11) is 0. The largest absolute Gasteiger partial charge is 0.456 e. The summed E-state index contributed by atoms with van der Waals surface area (Å²) in [5, 5.41) is 9.39. The summed E-state index contributed by atoms with van der Waals surface area (Å²) in [6.07, 6.45) is 3.28. The van der Waals surface area contributed by atoms with Gasteiger partial charge in [-0.25, -0.2) is 0 Å². The lowest BCUT2D eigenvalue weighted by atomic mass is 10.0. The molecule has 0 amide bonds. The maximum absolute atomic E-state index is 10.7. The fraction of sp³-hybridized carbons (Fsp3) is 0.700. The minimum atomic E-state index is -0.878. The first-order valence-corrected chi connectivity index (χ1v) is 4.25. The van der Waals surface area contributed by atoms with E-state index in [1.807, 2.05) is 0 Å². The van der Waals surface area contributed by atoms with Crippen LogP contribution in [0.15, 0.2) is 12.2 Å². The van der Waals surface area contributed by atoms with Crippen molar-refractivity contribution in [2.45, 2.75) is 45.8 Å². The van der Waals surface area contributed by atoms with Gasteiger partial charge >= 0.3 is 5.97 Å². The van der Waals surface area contributed by atoms with Crippen molar-refractivity contribution >= 4 is 5.97 Å². The van der Waals surface area contributed by atoms with E-state index in [0.717, 1.165) is 0 Å².